The van der Waals surface area contributed by atoms with E-state index in [-0.39, 0.29) is 5.54 Å². The molecule has 1 rings (SSSR count). The Morgan fingerprint density at radius 3 is 2.59 bits per heavy atom. The number of thioether (sulfide) groups is 1. The molecule has 0 aromatic carbocycles. The van der Waals surface area contributed by atoms with Gasteiger partial charge in [-0.25, -0.2) is 0 Å². The summed E-state index contributed by atoms with van der Waals surface area (Å²) >= 11 is 2.10. The van der Waals surface area contributed by atoms with E-state index < -0.39 is 0 Å². The van der Waals surface area contributed by atoms with Crippen LogP contribution in [0.2, 0.25) is 0 Å². The quantitative estimate of drug-likeness (QED) is 0.784. The Morgan fingerprint density at radius 1 is 1.41 bits per heavy atom. The van der Waals surface area contributed by atoms with Gasteiger partial charge >= 0.3 is 0 Å². The Balaban J connectivity index is 2.36. The molecule has 0 aliphatic heterocycles. The second-order valence-electron chi connectivity index (χ2n) is 5.39. The van der Waals surface area contributed by atoms with Gasteiger partial charge in [-0.05, 0) is 32.7 Å². The van der Waals surface area contributed by atoms with Crippen molar-refractivity contribution in [2.45, 2.75) is 75.3 Å². The highest BCUT2D eigenvalue weighted by molar-refractivity contribution is 8.00. The van der Waals surface area contributed by atoms with Gasteiger partial charge in [0, 0.05) is 10.5 Å². The van der Waals surface area contributed by atoms with E-state index in [4.69, 9.17) is 0 Å². The molecular weight excluding hydrogens is 228 g/mol. The van der Waals surface area contributed by atoms with Crippen LogP contribution in [-0.2, 0) is 0 Å². The van der Waals surface area contributed by atoms with Crippen molar-refractivity contribution in [3.05, 3.63) is 0 Å². The van der Waals surface area contributed by atoms with Crippen molar-refractivity contribution in [2.24, 2.45) is 0 Å². The standard InChI is InChI=1S/C14H26N2S/c1-4-16-14(3,11-15)10-12(2)17-13-8-6-5-7-9-13/h12-13,16H,4-10H2,1-3H3. The minimum atomic E-state index is -0.351. The summed E-state index contributed by atoms with van der Waals surface area (Å²) in [6, 6.07) is 2.42. The molecule has 1 fully saturated rings. The highest BCUT2D eigenvalue weighted by Crippen LogP contribution is 2.33. The molecule has 0 saturated heterocycles. The molecule has 0 aromatic heterocycles. The maximum absolute atomic E-state index is 9.25. The molecular formula is C14H26N2S. The second kappa shape index (κ2) is 7.28. The molecule has 1 N–H and O–H groups in total. The summed E-state index contributed by atoms with van der Waals surface area (Å²) < 4.78 is 0. The molecule has 1 saturated carbocycles. The zero-order valence-corrected chi connectivity index (χ0v) is 12.3. The largest absolute Gasteiger partial charge is 0.300 e. The van der Waals surface area contributed by atoms with Gasteiger partial charge in [-0.15, -0.1) is 0 Å². The van der Waals surface area contributed by atoms with E-state index in [1.807, 2.05) is 6.92 Å². The van der Waals surface area contributed by atoms with E-state index in [9.17, 15) is 5.26 Å². The second-order valence-corrected chi connectivity index (χ2v) is 7.13. The summed E-state index contributed by atoms with van der Waals surface area (Å²) in [5.41, 5.74) is -0.351. The third kappa shape index (κ3) is 5.31. The van der Waals surface area contributed by atoms with Crippen molar-refractivity contribution in [2.75, 3.05) is 6.54 Å². The van der Waals surface area contributed by atoms with Crippen molar-refractivity contribution in [1.82, 2.24) is 5.32 Å². The van der Waals surface area contributed by atoms with Gasteiger partial charge in [-0.1, -0.05) is 33.1 Å². The fourth-order valence-electron chi connectivity index (χ4n) is 2.70. The third-order valence-electron chi connectivity index (χ3n) is 3.49. The van der Waals surface area contributed by atoms with Crippen LogP contribution >= 0.6 is 11.8 Å². The minimum absolute atomic E-state index is 0.351. The fourth-order valence-corrected chi connectivity index (χ4v) is 4.39. The molecule has 1 aliphatic carbocycles. The Bertz CT molecular complexity index is 255. The Hall–Kier alpha value is -0.200. The van der Waals surface area contributed by atoms with Gasteiger partial charge < -0.3 is 0 Å². The van der Waals surface area contributed by atoms with E-state index in [0.717, 1.165) is 18.2 Å². The number of hydrogen-bond acceptors (Lipinski definition) is 3. The lowest BCUT2D eigenvalue weighted by Gasteiger charge is -2.29. The van der Waals surface area contributed by atoms with Gasteiger partial charge in [-0.3, -0.25) is 5.32 Å². The van der Waals surface area contributed by atoms with E-state index in [2.05, 4.69) is 37.0 Å². The predicted octanol–water partition coefficient (Wildman–Crippen LogP) is 3.72. The summed E-state index contributed by atoms with van der Waals surface area (Å²) in [6.07, 6.45) is 7.90. The van der Waals surface area contributed by atoms with Crippen LogP contribution < -0.4 is 5.32 Å². The fraction of sp³-hybridized carbons (Fsp3) is 0.929. The van der Waals surface area contributed by atoms with Crippen LogP contribution in [0.4, 0.5) is 0 Å². The van der Waals surface area contributed by atoms with E-state index in [1.54, 1.807) is 0 Å². The topological polar surface area (TPSA) is 35.8 Å². The molecule has 2 unspecified atom stereocenters. The van der Waals surface area contributed by atoms with Crippen molar-refractivity contribution >= 4 is 11.8 Å². The summed E-state index contributed by atoms with van der Waals surface area (Å²) in [5.74, 6) is 0. The first-order valence-corrected chi connectivity index (χ1v) is 7.85. The highest BCUT2D eigenvalue weighted by Gasteiger charge is 2.27. The van der Waals surface area contributed by atoms with Crippen LogP contribution in [0, 0.1) is 11.3 Å². The van der Waals surface area contributed by atoms with Gasteiger partial charge in [0.05, 0.1) is 6.07 Å². The van der Waals surface area contributed by atoms with Crippen molar-refractivity contribution in [3.8, 4) is 6.07 Å². The van der Waals surface area contributed by atoms with Gasteiger partial charge in [-0.2, -0.15) is 17.0 Å². The van der Waals surface area contributed by atoms with Crippen LogP contribution in [0.25, 0.3) is 0 Å². The minimum Gasteiger partial charge on any atom is -0.300 e. The smallest absolute Gasteiger partial charge is 0.104 e. The molecule has 0 amide bonds. The van der Waals surface area contributed by atoms with E-state index in [1.165, 1.54) is 32.1 Å². The van der Waals surface area contributed by atoms with Crippen LogP contribution in [0.15, 0.2) is 0 Å². The lowest BCUT2D eigenvalue weighted by molar-refractivity contribution is 0.428. The number of nitriles is 1. The normalized spacial score (nSPS) is 22.7. The zero-order chi connectivity index (χ0) is 12.7. The molecule has 0 spiro atoms. The summed E-state index contributed by atoms with van der Waals surface area (Å²) in [4.78, 5) is 0. The first-order valence-electron chi connectivity index (χ1n) is 6.91. The molecule has 0 heterocycles. The monoisotopic (exact) mass is 254 g/mol. The summed E-state index contributed by atoms with van der Waals surface area (Å²) in [7, 11) is 0. The summed E-state index contributed by atoms with van der Waals surface area (Å²) in [6.45, 7) is 7.22. The number of hydrogen-bond donors (Lipinski definition) is 1. The Kier molecular flexibility index (Phi) is 6.37. The summed E-state index contributed by atoms with van der Waals surface area (Å²) in [5, 5.41) is 14.0. The average Bonchev–Trinajstić information content (AvgIpc) is 2.30. The first-order chi connectivity index (χ1) is 8.09. The lowest BCUT2D eigenvalue weighted by atomic mass is 9.98. The molecule has 0 bridgehead atoms. The van der Waals surface area contributed by atoms with Crippen molar-refractivity contribution < 1.29 is 0 Å². The molecule has 1 aliphatic rings. The Morgan fingerprint density at radius 2 is 2.06 bits per heavy atom. The number of rotatable bonds is 6. The molecule has 0 radical (unpaired) electrons. The van der Waals surface area contributed by atoms with Crippen LogP contribution in [0.1, 0.15) is 59.3 Å². The maximum atomic E-state index is 9.25. The molecule has 98 valence electrons. The van der Waals surface area contributed by atoms with Crippen LogP contribution in [0.5, 0.6) is 0 Å². The average molecular weight is 254 g/mol. The SMILES string of the molecule is CCNC(C)(C#N)CC(C)SC1CCCCC1. The number of nitrogens with zero attached hydrogens (tertiary/aromatic N) is 1. The molecule has 2 nitrogen and oxygen atoms in total. The molecule has 17 heavy (non-hydrogen) atoms. The third-order valence-corrected chi connectivity index (χ3v) is 4.97. The molecule has 2 atom stereocenters. The van der Waals surface area contributed by atoms with E-state index in [0.29, 0.717) is 5.25 Å². The molecule has 0 aromatic rings. The zero-order valence-electron chi connectivity index (χ0n) is 11.5. The Labute approximate surface area is 111 Å². The maximum Gasteiger partial charge on any atom is 0.104 e. The van der Waals surface area contributed by atoms with E-state index >= 15 is 0 Å². The van der Waals surface area contributed by atoms with Gasteiger partial charge in [0.2, 0.25) is 0 Å². The van der Waals surface area contributed by atoms with Crippen molar-refractivity contribution in [1.29, 1.82) is 5.26 Å². The highest BCUT2D eigenvalue weighted by atomic mass is 32.2. The van der Waals surface area contributed by atoms with Gasteiger partial charge in [0.25, 0.3) is 0 Å². The molecule has 3 heteroatoms. The predicted molar refractivity (Wildman–Crippen MR) is 76.2 cm³/mol. The van der Waals surface area contributed by atoms with Crippen LogP contribution in [0.3, 0.4) is 0 Å². The first kappa shape index (κ1) is 14.9. The van der Waals surface area contributed by atoms with Gasteiger partial charge in [0.1, 0.15) is 5.54 Å². The van der Waals surface area contributed by atoms with Crippen molar-refractivity contribution in [3.63, 3.8) is 0 Å². The number of nitrogens with one attached hydrogen (secondary N) is 1. The lowest BCUT2D eigenvalue weighted by Crippen LogP contribution is -2.42. The van der Waals surface area contributed by atoms with Gasteiger partial charge in [0.15, 0.2) is 0 Å². The van der Waals surface area contributed by atoms with Crippen LogP contribution in [-0.4, -0.2) is 22.6 Å².